The zero-order chi connectivity index (χ0) is 19.5. The second-order valence-corrected chi connectivity index (χ2v) is 14.3. The van der Waals surface area contributed by atoms with Gasteiger partial charge in [0.05, 0.1) is 25.5 Å². The Morgan fingerprint density at radius 1 is 1.31 bits per heavy atom. The van der Waals surface area contributed by atoms with Crippen LogP contribution in [0.5, 0.6) is 5.88 Å². The van der Waals surface area contributed by atoms with Crippen molar-refractivity contribution in [2.45, 2.75) is 64.3 Å². The summed E-state index contributed by atoms with van der Waals surface area (Å²) >= 11 is 3.57. The fraction of sp³-hybridized carbons (Fsp3) is 0.650. The van der Waals surface area contributed by atoms with Crippen LogP contribution < -0.4 is 4.74 Å². The number of hydrogen-bond acceptors (Lipinski definition) is 4. The number of rotatable bonds is 6. The van der Waals surface area contributed by atoms with Gasteiger partial charge >= 0.3 is 0 Å². The fourth-order valence-electron chi connectivity index (χ4n) is 2.87. The first-order chi connectivity index (χ1) is 12.0. The molecule has 1 aliphatic rings. The lowest BCUT2D eigenvalue weighted by Gasteiger charge is -2.38. The maximum Gasteiger partial charge on any atom is 0.213 e. The van der Waals surface area contributed by atoms with E-state index in [1.165, 1.54) is 0 Å². The highest BCUT2D eigenvalue weighted by molar-refractivity contribution is 9.10. The monoisotopic (exact) mass is 441 g/mol. The lowest BCUT2D eigenvalue weighted by molar-refractivity contribution is 0.114. The van der Waals surface area contributed by atoms with Gasteiger partial charge in [0.25, 0.3) is 0 Å². The van der Waals surface area contributed by atoms with Gasteiger partial charge in [-0.25, -0.2) is 4.98 Å². The summed E-state index contributed by atoms with van der Waals surface area (Å²) in [6.07, 6.45) is 4.32. The lowest BCUT2D eigenvalue weighted by Crippen LogP contribution is -2.42. The van der Waals surface area contributed by atoms with Gasteiger partial charge in [0, 0.05) is 10.5 Å². The van der Waals surface area contributed by atoms with Gasteiger partial charge in [0.2, 0.25) is 5.88 Å². The molecule has 0 amide bonds. The predicted molar refractivity (Wildman–Crippen MR) is 112 cm³/mol. The Bertz CT molecular complexity index is 655. The Morgan fingerprint density at radius 2 is 2.00 bits per heavy atom. The Morgan fingerprint density at radius 3 is 2.62 bits per heavy atom. The van der Waals surface area contributed by atoms with Gasteiger partial charge in [-0.05, 0) is 70.9 Å². The molecule has 0 fully saturated rings. The van der Waals surface area contributed by atoms with Crippen LogP contribution in [0.3, 0.4) is 0 Å². The third kappa shape index (κ3) is 5.18. The first-order valence-corrected chi connectivity index (χ1v) is 13.0. The summed E-state index contributed by atoms with van der Waals surface area (Å²) < 4.78 is 12.5. The molecule has 1 aromatic rings. The van der Waals surface area contributed by atoms with E-state index in [-0.39, 0.29) is 11.0 Å². The minimum Gasteiger partial charge on any atom is -0.481 e. The predicted octanol–water partition coefficient (Wildman–Crippen LogP) is 5.11. The third-order valence-electron chi connectivity index (χ3n) is 5.73. The summed E-state index contributed by atoms with van der Waals surface area (Å²) in [5.41, 5.74) is 1.95. The summed E-state index contributed by atoms with van der Waals surface area (Å²) in [5, 5.41) is 11.1. The van der Waals surface area contributed by atoms with Crippen LogP contribution in [0.1, 0.15) is 39.3 Å². The average Bonchev–Trinajstić information content (AvgIpc) is 2.56. The molecule has 0 bridgehead atoms. The molecular weight excluding hydrogens is 410 g/mol. The summed E-state index contributed by atoms with van der Waals surface area (Å²) in [4.78, 5) is 4.54. The van der Waals surface area contributed by atoms with Crippen molar-refractivity contribution in [1.82, 2.24) is 4.98 Å². The number of aromatic nitrogens is 1. The molecule has 1 aliphatic carbocycles. The Balaban J connectivity index is 2.05. The van der Waals surface area contributed by atoms with Crippen molar-refractivity contribution >= 4 is 24.2 Å². The van der Waals surface area contributed by atoms with Crippen molar-refractivity contribution in [2.24, 2.45) is 5.92 Å². The number of aliphatic hydroxyl groups excluding tert-OH is 1. The molecule has 2 rings (SSSR count). The van der Waals surface area contributed by atoms with Gasteiger partial charge in [-0.1, -0.05) is 26.8 Å². The van der Waals surface area contributed by atoms with Crippen LogP contribution in [0, 0.1) is 5.92 Å². The second-order valence-electron chi connectivity index (χ2n) is 8.60. The Labute approximate surface area is 167 Å². The summed E-state index contributed by atoms with van der Waals surface area (Å²) in [7, 11) is -0.205. The fourth-order valence-corrected chi connectivity index (χ4v) is 4.22. The van der Waals surface area contributed by atoms with E-state index in [1.54, 1.807) is 7.11 Å². The van der Waals surface area contributed by atoms with Crippen molar-refractivity contribution in [2.75, 3.05) is 13.7 Å². The second kappa shape index (κ2) is 8.55. The highest BCUT2D eigenvalue weighted by atomic mass is 79.9. The van der Waals surface area contributed by atoms with Crippen molar-refractivity contribution in [3.63, 3.8) is 0 Å². The number of ether oxygens (including phenoxy) is 1. The van der Waals surface area contributed by atoms with E-state index in [2.05, 4.69) is 60.9 Å². The number of nitrogens with zero attached hydrogens (tertiary/aromatic N) is 1. The van der Waals surface area contributed by atoms with E-state index in [0.29, 0.717) is 12.5 Å². The molecule has 0 aliphatic heterocycles. The summed E-state index contributed by atoms with van der Waals surface area (Å²) in [6, 6.07) is 3.79. The van der Waals surface area contributed by atoms with Gasteiger partial charge in [-0.3, -0.25) is 0 Å². The van der Waals surface area contributed by atoms with Crippen molar-refractivity contribution in [3.8, 4) is 5.88 Å². The van der Waals surface area contributed by atoms with Gasteiger partial charge in [0.15, 0.2) is 8.32 Å². The first kappa shape index (κ1) is 21.6. The number of methoxy groups -OCH3 is 1. The highest BCUT2D eigenvalue weighted by Gasteiger charge is 2.38. The van der Waals surface area contributed by atoms with Crippen LogP contribution in [0.25, 0.3) is 0 Å². The Kier molecular flexibility index (Phi) is 7.10. The van der Waals surface area contributed by atoms with E-state index in [9.17, 15) is 5.11 Å². The van der Waals surface area contributed by atoms with E-state index < -0.39 is 14.4 Å². The topological polar surface area (TPSA) is 51.6 Å². The van der Waals surface area contributed by atoms with Crippen LogP contribution in [-0.2, 0) is 10.8 Å². The van der Waals surface area contributed by atoms with Gasteiger partial charge in [-0.2, -0.15) is 0 Å². The number of hydrogen-bond donors (Lipinski definition) is 1. The van der Waals surface area contributed by atoms with Crippen molar-refractivity contribution in [3.05, 3.63) is 33.9 Å². The molecule has 0 unspecified atom stereocenters. The average molecular weight is 442 g/mol. The molecule has 4 nitrogen and oxygen atoms in total. The Hall–Kier alpha value is -0.693. The molecule has 1 N–H and O–H groups in total. The van der Waals surface area contributed by atoms with E-state index in [1.807, 2.05) is 12.1 Å². The molecule has 6 heteroatoms. The van der Waals surface area contributed by atoms with Crippen LogP contribution >= 0.6 is 15.9 Å². The van der Waals surface area contributed by atoms with E-state index in [4.69, 9.17) is 9.16 Å². The quantitative estimate of drug-likeness (QED) is 0.491. The SMILES string of the molecule is COc1ccc(Br)c(C[C@H]2CCC=C(CO[Si](C)(C)C(C)(C)C)[C@H]2O)n1. The first-order valence-electron chi connectivity index (χ1n) is 9.25. The van der Waals surface area contributed by atoms with E-state index >= 15 is 0 Å². The standard InChI is InChI=1S/C20H32BrNO3Si/c1-20(2,3)26(5,6)25-13-15-9-7-8-14(19(15)23)12-17-16(21)10-11-18(22-17)24-4/h9-11,14,19,23H,7-8,12-13H2,1-6H3/t14-,19+/m1/s1. The molecule has 0 spiro atoms. The molecule has 0 radical (unpaired) electrons. The van der Waals surface area contributed by atoms with Crippen molar-refractivity contribution in [1.29, 1.82) is 0 Å². The van der Waals surface area contributed by atoms with Crippen LogP contribution in [0.4, 0.5) is 0 Å². The molecule has 146 valence electrons. The minimum atomic E-state index is -1.82. The number of allylic oxidation sites excluding steroid dienone is 1. The van der Waals surface area contributed by atoms with Crippen molar-refractivity contribution < 1.29 is 14.3 Å². The normalized spacial score (nSPS) is 21.5. The zero-order valence-electron chi connectivity index (χ0n) is 16.8. The van der Waals surface area contributed by atoms with Gasteiger partial charge in [-0.15, -0.1) is 0 Å². The zero-order valence-corrected chi connectivity index (χ0v) is 19.4. The maximum absolute atomic E-state index is 10.9. The van der Waals surface area contributed by atoms with Crippen LogP contribution in [-0.4, -0.2) is 38.2 Å². The molecule has 0 aromatic carbocycles. The molecule has 0 saturated heterocycles. The maximum atomic E-state index is 10.9. The molecular formula is C20H32BrNO3Si. The summed E-state index contributed by atoms with van der Waals surface area (Å²) in [6.45, 7) is 11.7. The van der Waals surface area contributed by atoms with Gasteiger partial charge < -0.3 is 14.3 Å². The number of halogens is 1. The lowest BCUT2D eigenvalue weighted by atomic mass is 9.83. The molecule has 26 heavy (non-hydrogen) atoms. The van der Waals surface area contributed by atoms with Crippen LogP contribution in [0.15, 0.2) is 28.3 Å². The number of aliphatic hydroxyl groups is 1. The molecule has 1 heterocycles. The minimum absolute atomic E-state index is 0.147. The van der Waals surface area contributed by atoms with Gasteiger partial charge in [0.1, 0.15) is 0 Å². The highest BCUT2D eigenvalue weighted by Crippen LogP contribution is 2.38. The van der Waals surface area contributed by atoms with Crippen LogP contribution in [0.2, 0.25) is 18.1 Å². The smallest absolute Gasteiger partial charge is 0.213 e. The largest absolute Gasteiger partial charge is 0.481 e. The summed E-state index contributed by atoms with van der Waals surface area (Å²) in [5.74, 6) is 0.749. The molecule has 1 aromatic heterocycles. The molecule has 2 atom stereocenters. The number of pyridine rings is 1. The molecule has 0 saturated carbocycles. The van der Waals surface area contributed by atoms with E-state index in [0.717, 1.165) is 35.0 Å². The third-order valence-corrected chi connectivity index (χ3v) is 10.9.